The topological polar surface area (TPSA) is 54.9 Å². The molecular weight excluding hydrogens is 242 g/mol. The second-order valence-electron chi connectivity index (χ2n) is 3.93. The van der Waals surface area contributed by atoms with Gasteiger partial charge in [0, 0.05) is 17.8 Å². The van der Waals surface area contributed by atoms with Crippen molar-refractivity contribution in [1.29, 1.82) is 0 Å². The van der Waals surface area contributed by atoms with Crippen LogP contribution < -0.4 is 20.1 Å². The van der Waals surface area contributed by atoms with Crippen molar-refractivity contribution in [1.82, 2.24) is 5.32 Å². The van der Waals surface area contributed by atoms with Crippen molar-refractivity contribution >= 4 is 24.1 Å². The summed E-state index contributed by atoms with van der Waals surface area (Å²) in [4.78, 5) is 4.33. The summed E-state index contributed by atoms with van der Waals surface area (Å²) in [6, 6.07) is 6.15. The van der Waals surface area contributed by atoms with E-state index < -0.39 is 0 Å². The molecule has 1 aromatic rings. The molecule has 2 aliphatic rings. The summed E-state index contributed by atoms with van der Waals surface area (Å²) in [7, 11) is 0. The molecule has 17 heavy (non-hydrogen) atoms. The number of fused-ring (bicyclic) bond motifs is 1. The van der Waals surface area contributed by atoms with Crippen LogP contribution in [0.15, 0.2) is 23.2 Å². The van der Waals surface area contributed by atoms with E-state index in [9.17, 15) is 0 Å². The van der Waals surface area contributed by atoms with E-state index in [0.717, 1.165) is 29.7 Å². The predicted molar refractivity (Wildman–Crippen MR) is 68.3 cm³/mol. The normalized spacial score (nSPS) is 20.3. The van der Waals surface area contributed by atoms with Gasteiger partial charge in [-0.25, -0.2) is 0 Å². The summed E-state index contributed by atoms with van der Waals surface area (Å²) in [5.74, 6) is 2.38. The van der Waals surface area contributed by atoms with E-state index in [0.29, 0.717) is 12.8 Å². The fourth-order valence-electron chi connectivity index (χ4n) is 1.74. The Kier molecular flexibility index (Phi) is 3.28. The van der Waals surface area contributed by atoms with Crippen molar-refractivity contribution in [2.75, 3.05) is 18.7 Å². The first-order chi connectivity index (χ1) is 7.81. The third-order valence-electron chi connectivity index (χ3n) is 2.54. The van der Waals surface area contributed by atoms with Gasteiger partial charge in [0.1, 0.15) is 0 Å². The second kappa shape index (κ2) is 4.71. The van der Waals surface area contributed by atoms with Crippen LogP contribution in [-0.2, 0) is 0 Å². The molecule has 1 aromatic carbocycles. The molecule has 92 valence electrons. The third-order valence-corrected chi connectivity index (χ3v) is 2.54. The van der Waals surface area contributed by atoms with E-state index in [-0.39, 0.29) is 12.4 Å². The molecular formula is C11H14ClN3O2. The van der Waals surface area contributed by atoms with E-state index in [1.54, 1.807) is 0 Å². The van der Waals surface area contributed by atoms with Gasteiger partial charge in [0.05, 0.1) is 6.54 Å². The maximum absolute atomic E-state index is 5.30. The quantitative estimate of drug-likeness (QED) is 0.800. The lowest BCUT2D eigenvalue weighted by molar-refractivity contribution is 0.174. The molecule has 2 heterocycles. The maximum Gasteiger partial charge on any atom is 0.231 e. The van der Waals surface area contributed by atoms with Crippen LogP contribution >= 0.6 is 12.4 Å². The van der Waals surface area contributed by atoms with Crippen LogP contribution in [0.2, 0.25) is 0 Å². The van der Waals surface area contributed by atoms with Crippen LogP contribution in [0.4, 0.5) is 5.69 Å². The Labute approximate surface area is 106 Å². The molecule has 0 saturated carbocycles. The van der Waals surface area contributed by atoms with E-state index in [2.05, 4.69) is 22.5 Å². The molecule has 2 aliphatic heterocycles. The standard InChI is InChI=1S/C11H13N3O2.ClH/c1-7-5-12-11(13-7)14-8-2-3-9-10(4-8)16-6-15-9;/h2-4,7H,5-6H2,1H3,(H2,12,13,14);1H. The SMILES string of the molecule is CC1CN=C(Nc2ccc3c(c2)OCO3)N1.Cl. The predicted octanol–water partition coefficient (Wildman–Crippen LogP) is 1.60. The molecule has 0 spiro atoms. The maximum atomic E-state index is 5.30. The fourth-order valence-corrected chi connectivity index (χ4v) is 1.74. The largest absolute Gasteiger partial charge is 0.454 e. The summed E-state index contributed by atoms with van der Waals surface area (Å²) in [6.45, 7) is 3.21. The number of aliphatic imine (C=N–C) groups is 1. The number of nitrogens with one attached hydrogen (secondary N) is 2. The first-order valence-electron chi connectivity index (χ1n) is 5.29. The summed E-state index contributed by atoms with van der Waals surface area (Å²) in [5, 5.41) is 6.44. The molecule has 1 atom stereocenters. The van der Waals surface area contributed by atoms with Crippen molar-refractivity contribution in [3.63, 3.8) is 0 Å². The highest BCUT2D eigenvalue weighted by molar-refractivity contribution is 5.95. The lowest BCUT2D eigenvalue weighted by Crippen LogP contribution is -2.32. The Hall–Kier alpha value is -1.62. The Balaban J connectivity index is 0.00000108. The first-order valence-corrected chi connectivity index (χ1v) is 5.29. The van der Waals surface area contributed by atoms with Crippen molar-refractivity contribution < 1.29 is 9.47 Å². The van der Waals surface area contributed by atoms with Gasteiger partial charge in [0.2, 0.25) is 6.79 Å². The van der Waals surface area contributed by atoms with Crippen LogP contribution in [0, 0.1) is 0 Å². The van der Waals surface area contributed by atoms with Crippen molar-refractivity contribution in [2.45, 2.75) is 13.0 Å². The highest BCUT2D eigenvalue weighted by Crippen LogP contribution is 2.34. The fraction of sp³-hybridized carbons (Fsp3) is 0.364. The Morgan fingerprint density at radius 2 is 2.18 bits per heavy atom. The van der Waals surface area contributed by atoms with Gasteiger partial charge in [0.25, 0.3) is 0 Å². The third kappa shape index (κ3) is 2.39. The van der Waals surface area contributed by atoms with Gasteiger partial charge in [-0.15, -0.1) is 12.4 Å². The lowest BCUT2D eigenvalue weighted by atomic mass is 10.3. The molecule has 0 radical (unpaired) electrons. The number of rotatable bonds is 1. The molecule has 2 N–H and O–H groups in total. The Morgan fingerprint density at radius 1 is 1.35 bits per heavy atom. The number of ether oxygens (including phenoxy) is 2. The van der Waals surface area contributed by atoms with Crippen LogP contribution in [0.1, 0.15) is 6.92 Å². The Bertz CT molecular complexity index is 450. The van der Waals surface area contributed by atoms with E-state index in [1.807, 2.05) is 18.2 Å². The molecule has 5 nitrogen and oxygen atoms in total. The van der Waals surface area contributed by atoms with Gasteiger partial charge < -0.3 is 20.1 Å². The van der Waals surface area contributed by atoms with Gasteiger partial charge >= 0.3 is 0 Å². The van der Waals surface area contributed by atoms with Crippen LogP contribution in [-0.4, -0.2) is 25.3 Å². The van der Waals surface area contributed by atoms with Gasteiger partial charge in [-0.1, -0.05) is 0 Å². The monoisotopic (exact) mass is 255 g/mol. The number of benzene rings is 1. The average Bonchev–Trinajstić information content (AvgIpc) is 2.87. The second-order valence-corrected chi connectivity index (χ2v) is 3.93. The van der Waals surface area contributed by atoms with Gasteiger partial charge in [-0.2, -0.15) is 0 Å². The molecule has 0 bridgehead atoms. The molecule has 3 rings (SSSR count). The summed E-state index contributed by atoms with van der Waals surface area (Å²) < 4.78 is 10.5. The summed E-state index contributed by atoms with van der Waals surface area (Å²) in [6.07, 6.45) is 0. The molecule has 0 amide bonds. The van der Waals surface area contributed by atoms with Crippen LogP contribution in [0.5, 0.6) is 11.5 Å². The van der Waals surface area contributed by atoms with Gasteiger partial charge in [-0.3, -0.25) is 4.99 Å². The number of halogens is 1. The molecule has 6 heteroatoms. The van der Waals surface area contributed by atoms with Crippen molar-refractivity contribution in [3.8, 4) is 11.5 Å². The highest BCUT2D eigenvalue weighted by atomic mass is 35.5. The zero-order chi connectivity index (χ0) is 11.0. The lowest BCUT2D eigenvalue weighted by Gasteiger charge is -2.09. The zero-order valence-corrected chi connectivity index (χ0v) is 10.2. The van der Waals surface area contributed by atoms with Gasteiger partial charge in [-0.05, 0) is 19.1 Å². The highest BCUT2D eigenvalue weighted by Gasteiger charge is 2.15. The number of hydrogen-bond acceptors (Lipinski definition) is 5. The smallest absolute Gasteiger partial charge is 0.231 e. The molecule has 0 saturated heterocycles. The molecule has 1 unspecified atom stereocenters. The van der Waals surface area contributed by atoms with Crippen molar-refractivity contribution in [2.24, 2.45) is 4.99 Å². The van der Waals surface area contributed by atoms with Crippen molar-refractivity contribution in [3.05, 3.63) is 18.2 Å². The van der Waals surface area contributed by atoms with Gasteiger partial charge in [0.15, 0.2) is 17.5 Å². The minimum atomic E-state index is 0. The summed E-state index contributed by atoms with van der Waals surface area (Å²) in [5.41, 5.74) is 0.949. The van der Waals surface area contributed by atoms with E-state index in [4.69, 9.17) is 9.47 Å². The molecule has 0 aliphatic carbocycles. The molecule has 0 aromatic heterocycles. The minimum absolute atomic E-state index is 0. The number of guanidine groups is 1. The Morgan fingerprint density at radius 3 is 2.94 bits per heavy atom. The number of nitrogens with zero attached hydrogens (tertiary/aromatic N) is 1. The average molecular weight is 256 g/mol. The molecule has 0 fully saturated rings. The summed E-state index contributed by atoms with van der Waals surface area (Å²) >= 11 is 0. The van der Waals surface area contributed by atoms with E-state index in [1.165, 1.54) is 0 Å². The van der Waals surface area contributed by atoms with Crippen LogP contribution in [0.25, 0.3) is 0 Å². The first kappa shape index (κ1) is 11.9. The number of hydrogen-bond donors (Lipinski definition) is 2. The zero-order valence-electron chi connectivity index (χ0n) is 9.40. The number of anilines is 1. The van der Waals surface area contributed by atoms with Crippen LogP contribution in [0.3, 0.4) is 0 Å². The van der Waals surface area contributed by atoms with E-state index >= 15 is 0 Å². The minimum Gasteiger partial charge on any atom is -0.454 e.